The normalized spacial score (nSPS) is 10.7. The SMILES string of the molecule is Clc1ccc2c(Br)ccnc2c1Br. The molecule has 0 aliphatic rings. The summed E-state index contributed by atoms with van der Waals surface area (Å²) in [5.41, 5.74) is 0.877. The van der Waals surface area contributed by atoms with Crippen molar-refractivity contribution in [2.45, 2.75) is 0 Å². The Hall–Kier alpha value is -0.120. The number of fused-ring (bicyclic) bond motifs is 1. The summed E-state index contributed by atoms with van der Waals surface area (Å²) < 4.78 is 1.86. The summed E-state index contributed by atoms with van der Waals surface area (Å²) in [5.74, 6) is 0. The zero-order chi connectivity index (χ0) is 9.42. The first kappa shape index (κ1) is 9.44. The van der Waals surface area contributed by atoms with Gasteiger partial charge in [-0.1, -0.05) is 33.6 Å². The highest BCUT2D eigenvalue weighted by Gasteiger charge is 2.05. The molecule has 0 amide bonds. The first-order valence-electron chi connectivity index (χ1n) is 3.58. The number of hydrogen-bond donors (Lipinski definition) is 0. The molecule has 1 aromatic heterocycles. The molecule has 0 unspecified atom stereocenters. The van der Waals surface area contributed by atoms with Crippen molar-refractivity contribution in [3.8, 4) is 0 Å². The molecular weight excluding hydrogens is 317 g/mol. The molecule has 0 aliphatic carbocycles. The van der Waals surface area contributed by atoms with E-state index in [-0.39, 0.29) is 0 Å². The summed E-state index contributed by atoms with van der Waals surface area (Å²) >= 11 is 12.8. The Morgan fingerprint density at radius 1 is 1.15 bits per heavy atom. The Balaban J connectivity index is 2.94. The monoisotopic (exact) mass is 319 g/mol. The maximum absolute atomic E-state index is 5.94. The molecule has 0 bridgehead atoms. The van der Waals surface area contributed by atoms with Crippen molar-refractivity contribution in [2.75, 3.05) is 0 Å². The molecule has 0 saturated carbocycles. The van der Waals surface area contributed by atoms with Crippen LogP contribution in [0.5, 0.6) is 0 Å². The van der Waals surface area contributed by atoms with Crippen LogP contribution < -0.4 is 0 Å². The van der Waals surface area contributed by atoms with Crippen molar-refractivity contribution < 1.29 is 0 Å². The maximum atomic E-state index is 5.94. The van der Waals surface area contributed by atoms with Crippen LogP contribution in [0.1, 0.15) is 0 Å². The predicted octanol–water partition coefficient (Wildman–Crippen LogP) is 4.41. The first-order valence-corrected chi connectivity index (χ1v) is 5.55. The van der Waals surface area contributed by atoms with Gasteiger partial charge in [0.2, 0.25) is 0 Å². The zero-order valence-corrected chi connectivity index (χ0v) is 10.3. The van der Waals surface area contributed by atoms with E-state index in [0.717, 1.165) is 19.8 Å². The van der Waals surface area contributed by atoms with Gasteiger partial charge >= 0.3 is 0 Å². The summed E-state index contributed by atoms with van der Waals surface area (Å²) in [4.78, 5) is 4.24. The number of hydrogen-bond acceptors (Lipinski definition) is 1. The Kier molecular flexibility index (Phi) is 2.58. The molecule has 13 heavy (non-hydrogen) atoms. The highest BCUT2D eigenvalue weighted by Crippen LogP contribution is 2.32. The van der Waals surface area contributed by atoms with Crippen molar-refractivity contribution in [2.24, 2.45) is 0 Å². The van der Waals surface area contributed by atoms with Crippen LogP contribution in [0.15, 0.2) is 33.3 Å². The van der Waals surface area contributed by atoms with E-state index in [1.54, 1.807) is 6.20 Å². The smallest absolute Gasteiger partial charge is 0.0870 e. The van der Waals surface area contributed by atoms with Gasteiger partial charge in [0.25, 0.3) is 0 Å². The third-order valence-electron chi connectivity index (χ3n) is 1.75. The fourth-order valence-electron chi connectivity index (χ4n) is 1.13. The predicted molar refractivity (Wildman–Crippen MR) is 62.2 cm³/mol. The Labute approximate surface area is 97.4 Å². The number of halogens is 3. The topological polar surface area (TPSA) is 12.9 Å². The van der Waals surface area contributed by atoms with Crippen molar-refractivity contribution >= 4 is 54.4 Å². The lowest BCUT2D eigenvalue weighted by Gasteiger charge is -2.02. The molecule has 1 nitrogen and oxygen atoms in total. The van der Waals surface area contributed by atoms with Gasteiger partial charge in [-0.2, -0.15) is 0 Å². The lowest BCUT2D eigenvalue weighted by atomic mass is 10.2. The van der Waals surface area contributed by atoms with E-state index >= 15 is 0 Å². The minimum absolute atomic E-state index is 0.679. The van der Waals surface area contributed by atoms with Gasteiger partial charge in [0.05, 0.1) is 15.0 Å². The quantitative estimate of drug-likeness (QED) is 0.700. The fourth-order valence-corrected chi connectivity index (χ4v) is 2.16. The van der Waals surface area contributed by atoms with Crippen molar-refractivity contribution in [3.05, 3.63) is 38.4 Å². The minimum Gasteiger partial charge on any atom is -0.255 e. The molecule has 2 rings (SSSR count). The van der Waals surface area contributed by atoms with Gasteiger partial charge in [-0.25, -0.2) is 0 Å². The molecule has 4 heteroatoms. The number of nitrogens with zero attached hydrogens (tertiary/aromatic N) is 1. The van der Waals surface area contributed by atoms with E-state index in [2.05, 4.69) is 36.8 Å². The van der Waals surface area contributed by atoms with E-state index in [1.165, 1.54) is 0 Å². The molecular formula is C9H4Br2ClN. The molecule has 2 aromatic rings. The molecule has 0 radical (unpaired) electrons. The largest absolute Gasteiger partial charge is 0.255 e. The van der Waals surface area contributed by atoms with Crippen LogP contribution in [0.25, 0.3) is 10.9 Å². The Bertz CT molecular complexity index is 470. The maximum Gasteiger partial charge on any atom is 0.0870 e. The molecule has 0 N–H and O–H groups in total. The van der Waals surface area contributed by atoms with Crippen LogP contribution in [0.2, 0.25) is 5.02 Å². The summed E-state index contributed by atoms with van der Waals surface area (Å²) in [6, 6.07) is 5.70. The molecule has 1 heterocycles. The average molecular weight is 321 g/mol. The molecule has 0 atom stereocenters. The number of rotatable bonds is 0. The third-order valence-corrected chi connectivity index (χ3v) is 3.79. The van der Waals surface area contributed by atoms with Crippen LogP contribution >= 0.6 is 43.5 Å². The Morgan fingerprint density at radius 2 is 1.92 bits per heavy atom. The van der Waals surface area contributed by atoms with Gasteiger partial charge < -0.3 is 0 Å². The highest BCUT2D eigenvalue weighted by molar-refractivity contribution is 9.11. The molecule has 0 aliphatic heterocycles. The first-order chi connectivity index (χ1) is 6.20. The second-order valence-corrected chi connectivity index (χ2v) is 4.60. The average Bonchev–Trinajstić information content (AvgIpc) is 2.12. The van der Waals surface area contributed by atoms with Gasteiger partial charge in [-0.05, 0) is 28.1 Å². The number of pyridine rings is 1. The van der Waals surface area contributed by atoms with Crippen LogP contribution in [0.3, 0.4) is 0 Å². The standard InChI is InChI=1S/C9H4Br2ClN/c10-6-3-4-13-9-5(6)1-2-7(12)8(9)11/h1-4H. The summed E-state index contributed by atoms with van der Waals surface area (Å²) in [7, 11) is 0. The third kappa shape index (κ3) is 1.60. The fraction of sp³-hybridized carbons (Fsp3) is 0. The molecule has 0 saturated heterocycles. The van der Waals surface area contributed by atoms with Crippen molar-refractivity contribution in [1.82, 2.24) is 4.98 Å². The lowest BCUT2D eigenvalue weighted by Crippen LogP contribution is -1.81. The molecule has 0 fully saturated rings. The molecule has 1 aromatic carbocycles. The summed E-state index contributed by atoms with van der Waals surface area (Å²) in [6.45, 7) is 0. The van der Waals surface area contributed by atoms with E-state index in [1.807, 2.05) is 18.2 Å². The van der Waals surface area contributed by atoms with Gasteiger partial charge in [-0.15, -0.1) is 0 Å². The zero-order valence-electron chi connectivity index (χ0n) is 6.39. The Morgan fingerprint density at radius 3 is 2.69 bits per heavy atom. The van der Waals surface area contributed by atoms with Gasteiger partial charge in [0, 0.05) is 16.1 Å². The van der Waals surface area contributed by atoms with Crippen molar-refractivity contribution in [1.29, 1.82) is 0 Å². The highest BCUT2D eigenvalue weighted by atomic mass is 79.9. The van der Waals surface area contributed by atoms with Crippen molar-refractivity contribution in [3.63, 3.8) is 0 Å². The van der Waals surface area contributed by atoms with E-state index < -0.39 is 0 Å². The van der Waals surface area contributed by atoms with Gasteiger partial charge in [-0.3, -0.25) is 4.98 Å². The van der Waals surface area contributed by atoms with Crippen LogP contribution in [-0.4, -0.2) is 4.98 Å². The minimum atomic E-state index is 0.679. The van der Waals surface area contributed by atoms with Crippen LogP contribution in [0.4, 0.5) is 0 Å². The van der Waals surface area contributed by atoms with E-state index in [4.69, 9.17) is 11.6 Å². The summed E-state index contributed by atoms with van der Waals surface area (Å²) in [5, 5.41) is 1.73. The second-order valence-electron chi connectivity index (χ2n) is 2.55. The number of aromatic nitrogens is 1. The second kappa shape index (κ2) is 3.56. The van der Waals surface area contributed by atoms with Crippen LogP contribution in [-0.2, 0) is 0 Å². The molecule has 66 valence electrons. The molecule has 0 spiro atoms. The number of benzene rings is 1. The van der Waals surface area contributed by atoms with E-state index in [9.17, 15) is 0 Å². The van der Waals surface area contributed by atoms with Gasteiger partial charge in [0.15, 0.2) is 0 Å². The summed E-state index contributed by atoms with van der Waals surface area (Å²) in [6.07, 6.45) is 1.74. The lowest BCUT2D eigenvalue weighted by molar-refractivity contribution is 1.39. The van der Waals surface area contributed by atoms with E-state index in [0.29, 0.717) is 5.02 Å². The van der Waals surface area contributed by atoms with Crippen LogP contribution in [0, 0.1) is 0 Å². The van der Waals surface area contributed by atoms with Gasteiger partial charge in [0.1, 0.15) is 0 Å².